The number of benzene rings is 2. The Kier molecular flexibility index (Phi) is 6.28. The van der Waals surface area contributed by atoms with Crippen molar-refractivity contribution in [3.8, 4) is 5.75 Å². The largest absolute Gasteiger partial charge is 0.491 e. The summed E-state index contributed by atoms with van der Waals surface area (Å²) < 4.78 is 6.34. The molecule has 0 fully saturated rings. The molecule has 30 heavy (non-hydrogen) atoms. The zero-order valence-corrected chi connectivity index (χ0v) is 18.0. The minimum Gasteiger partial charge on any atom is -0.491 e. The molecule has 158 valence electrons. The number of aliphatic carboxylic acids is 1. The van der Waals surface area contributed by atoms with E-state index in [2.05, 4.69) is 6.07 Å². The van der Waals surface area contributed by atoms with Gasteiger partial charge in [-0.15, -0.1) is 0 Å². The van der Waals surface area contributed by atoms with Crippen LogP contribution in [-0.2, 0) is 24.1 Å². The first-order valence-corrected chi connectivity index (χ1v) is 11.0. The summed E-state index contributed by atoms with van der Waals surface area (Å²) in [7, 11) is 0. The Morgan fingerprint density at radius 2 is 1.90 bits per heavy atom. The van der Waals surface area contributed by atoms with Gasteiger partial charge < -0.3 is 9.84 Å². The second-order valence-corrected chi connectivity index (χ2v) is 8.54. The van der Waals surface area contributed by atoms with Crippen LogP contribution in [0.4, 0.5) is 5.69 Å². The molecule has 0 spiro atoms. The third kappa shape index (κ3) is 4.62. The van der Waals surface area contributed by atoms with Gasteiger partial charge in [0.1, 0.15) is 12.4 Å². The summed E-state index contributed by atoms with van der Waals surface area (Å²) in [6.07, 6.45) is 5.91. The first-order chi connectivity index (χ1) is 14.5. The zero-order valence-electron chi connectivity index (χ0n) is 17.2. The fourth-order valence-electron chi connectivity index (χ4n) is 4.43. The topological polar surface area (TPSA) is 62.1 Å². The van der Waals surface area contributed by atoms with Crippen LogP contribution in [0.25, 0.3) is 0 Å². The molecule has 5 nitrogen and oxygen atoms in total. The van der Waals surface area contributed by atoms with E-state index in [0.29, 0.717) is 18.1 Å². The lowest BCUT2D eigenvalue weighted by Gasteiger charge is -2.26. The minimum absolute atomic E-state index is 0.136. The quantitative estimate of drug-likeness (QED) is 0.655. The van der Waals surface area contributed by atoms with E-state index in [1.165, 1.54) is 11.1 Å². The molecule has 1 heterocycles. The molecule has 0 aromatic heterocycles. The van der Waals surface area contributed by atoms with Gasteiger partial charge in [0.05, 0.1) is 11.7 Å². The highest BCUT2D eigenvalue weighted by molar-refractivity contribution is 6.30. The highest BCUT2D eigenvalue weighted by Gasteiger charge is 2.27. The highest BCUT2D eigenvalue weighted by Crippen LogP contribution is 2.34. The summed E-state index contributed by atoms with van der Waals surface area (Å²) in [6, 6.07) is 11.9. The smallest absolute Gasteiger partial charge is 0.303 e. The van der Waals surface area contributed by atoms with E-state index in [1.54, 1.807) is 0 Å². The van der Waals surface area contributed by atoms with Gasteiger partial charge in [0, 0.05) is 23.6 Å². The number of fused-ring (bicyclic) bond motifs is 1. The van der Waals surface area contributed by atoms with Gasteiger partial charge in [0.25, 0.3) is 0 Å². The van der Waals surface area contributed by atoms with Gasteiger partial charge in [-0.1, -0.05) is 17.7 Å². The molecule has 1 N–H and O–H groups in total. The normalized spacial score (nSPS) is 18.1. The van der Waals surface area contributed by atoms with Gasteiger partial charge in [0.15, 0.2) is 0 Å². The Morgan fingerprint density at radius 3 is 2.63 bits per heavy atom. The van der Waals surface area contributed by atoms with Crippen LogP contribution < -0.4 is 9.75 Å². The number of carboxylic acid groups (broad SMARTS) is 1. The number of rotatable bonds is 7. The lowest BCUT2D eigenvalue weighted by atomic mass is 9.86. The molecule has 0 saturated carbocycles. The lowest BCUT2D eigenvalue weighted by molar-refractivity contribution is -0.136. The summed E-state index contributed by atoms with van der Waals surface area (Å²) in [6.45, 7) is 2.59. The number of hydrogen-bond donors (Lipinski definition) is 1. The number of halogens is 1. The second-order valence-electron chi connectivity index (χ2n) is 8.11. The van der Waals surface area contributed by atoms with Crippen LogP contribution in [0, 0.1) is 0 Å². The molecule has 6 heteroatoms. The maximum atomic E-state index is 11.0. The molecule has 0 saturated heterocycles. The van der Waals surface area contributed by atoms with Crippen LogP contribution in [0.5, 0.6) is 5.75 Å². The Bertz CT molecular complexity index is 956. The standard InChI is InChI=1S/C24H27ClN2O3/c1-16-14-20(27(26-16)19-10-8-18(25)9-11-19)15-30-23-12-6-17(7-13-24(28)29)21-4-2-3-5-22(21)23/h6,8-12,20H,2-5,7,13-15H2,1H3,(H,28,29). The van der Waals surface area contributed by atoms with E-state index in [-0.39, 0.29) is 12.5 Å². The van der Waals surface area contributed by atoms with Crippen molar-refractivity contribution in [2.75, 3.05) is 11.6 Å². The van der Waals surface area contributed by atoms with Gasteiger partial charge >= 0.3 is 5.97 Å². The zero-order chi connectivity index (χ0) is 21.1. The Morgan fingerprint density at radius 1 is 1.17 bits per heavy atom. The highest BCUT2D eigenvalue weighted by atomic mass is 35.5. The number of anilines is 1. The fraction of sp³-hybridized carbons (Fsp3) is 0.417. The summed E-state index contributed by atoms with van der Waals surface area (Å²) in [5, 5.41) is 16.5. The van der Waals surface area contributed by atoms with Crippen LogP contribution in [0.3, 0.4) is 0 Å². The number of nitrogens with zero attached hydrogens (tertiary/aromatic N) is 2. The van der Waals surface area contributed by atoms with Crippen LogP contribution in [0.2, 0.25) is 5.02 Å². The van der Waals surface area contributed by atoms with Crippen molar-refractivity contribution in [3.05, 3.63) is 58.1 Å². The van der Waals surface area contributed by atoms with Crippen molar-refractivity contribution in [1.82, 2.24) is 0 Å². The molecule has 4 rings (SSSR count). The third-order valence-electron chi connectivity index (χ3n) is 5.87. The van der Waals surface area contributed by atoms with E-state index in [4.69, 9.17) is 26.5 Å². The molecule has 1 aliphatic heterocycles. The average Bonchev–Trinajstić information content (AvgIpc) is 3.12. The minimum atomic E-state index is -0.751. The van der Waals surface area contributed by atoms with Crippen molar-refractivity contribution < 1.29 is 14.6 Å². The number of ether oxygens (including phenoxy) is 1. The molecule has 1 unspecified atom stereocenters. The van der Waals surface area contributed by atoms with E-state index in [9.17, 15) is 4.79 Å². The monoisotopic (exact) mass is 426 g/mol. The van der Waals surface area contributed by atoms with Crippen molar-refractivity contribution in [1.29, 1.82) is 0 Å². The van der Waals surface area contributed by atoms with E-state index in [1.807, 2.05) is 42.3 Å². The van der Waals surface area contributed by atoms with Crippen molar-refractivity contribution in [2.45, 2.75) is 57.9 Å². The van der Waals surface area contributed by atoms with Gasteiger partial charge in [0.2, 0.25) is 0 Å². The first-order valence-electron chi connectivity index (χ1n) is 10.6. The summed E-state index contributed by atoms with van der Waals surface area (Å²) in [4.78, 5) is 11.0. The van der Waals surface area contributed by atoms with E-state index >= 15 is 0 Å². The Hall–Kier alpha value is -2.53. The van der Waals surface area contributed by atoms with Crippen molar-refractivity contribution in [2.24, 2.45) is 5.10 Å². The number of hydrazone groups is 1. The number of hydrogen-bond acceptors (Lipinski definition) is 4. The summed E-state index contributed by atoms with van der Waals surface area (Å²) in [5.74, 6) is 0.183. The predicted molar refractivity (Wildman–Crippen MR) is 120 cm³/mol. The average molecular weight is 427 g/mol. The molecule has 1 atom stereocenters. The van der Waals surface area contributed by atoms with Crippen LogP contribution in [0.15, 0.2) is 41.5 Å². The lowest BCUT2D eigenvalue weighted by Crippen LogP contribution is -2.32. The fourth-order valence-corrected chi connectivity index (χ4v) is 4.56. The molecule has 1 aliphatic carbocycles. The molecular formula is C24H27ClN2O3. The van der Waals surface area contributed by atoms with Crippen LogP contribution >= 0.6 is 11.6 Å². The molecule has 2 aliphatic rings. The molecule has 2 aromatic carbocycles. The molecule has 0 amide bonds. The summed E-state index contributed by atoms with van der Waals surface area (Å²) in [5.41, 5.74) is 5.81. The predicted octanol–water partition coefficient (Wildman–Crippen LogP) is 5.27. The van der Waals surface area contributed by atoms with Gasteiger partial charge in [-0.2, -0.15) is 5.10 Å². The number of carboxylic acids is 1. The maximum absolute atomic E-state index is 11.0. The third-order valence-corrected chi connectivity index (χ3v) is 6.13. The van der Waals surface area contributed by atoms with Crippen LogP contribution in [-0.4, -0.2) is 29.4 Å². The Balaban J connectivity index is 1.50. The first kappa shape index (κ1) is 20.7. The van der Waals surface area contributed by atoms with Gasteiger partial charge in [-0.05, 0) is 86.1 Å². The van der Waals surface area contributed by atoms with Crippen molar-refractivity contribution in [3.63, 3.8) is 0 Å². The van der Waals surface area contributed by atoms with Gasteiger partial charge in [-0.25, -0.2) is 0 Å². The van der Waals surface area contributed by atoms with Crippen LogP contribution in [0.1, 0.15) is 49.3 Å². The second kappa shape index (κ2) is 9.09. The Labute approximate surface area is 182 Å². The van der Waals surface area contributed by atoms with E-state index < -0.39 is 5.97 Å². The number of carbonyl (C=O) groups is 1. The molecular weight excluding hydrogens is 400 g/mol. The SMILES string of the molecule is CC1=NN(c2ccc(Cl)cc2)C(COc2ccc(CCC(=O)O)c3c2CCCC3)C1. The maximum Gasteiger partial charge on any atom is 0.303 e. The van der Waals surface area contributed by atoms with Gasteiger partial charge in [-0.3, -0.25) is 9.80 Å². The molecule has 0 bridgehead atoms. The summed E-state index contributed by atoms with van der Waals surface area (Å²) >= 11 is 6.03. The molecule has 2 aromatic rings. The molecule has 0 radical (unpaired) electrons. The van der Waals surface area contributed by atoms with E-state index in [0.717, 1.165) is 54.8 Å². The van der Waals surface area contributed by atoms with Crippen molar-refractivity contribution >= 4 is 29.0 Å². The number of aryl methyl sites for hydroxylation is 1.